The molecule has 3 heterocycles. The zero-order valence-electron chi connectivity index (χ0n) is 17.8. The predicted octanol–water partition coefficient (Wildman–Crippen LogP) is 5.30. The Kier molecular flexibility index (Phi) is 4.98. The van der Waals surface area contributed by atoms with Crippen LogP contribution in [0.1, 0.15) is 43.0 Å². The standard InChI is InChI=1S/C24H24N4O2S/c1-14(2)13-30-17-10-8-16(9-11-17)18-12-21(29)26-23-22(18)15(3)27-28(23)24-25-19-6-4-5-7-20(19)31-24/h4-11,14,18H,12-13H2,1-3H3,(H,26,29). The number of amides is 1. The number of para-hydroxylation sites is 1. The first-order valence-electron chi connectivity index (χ1n) is 10.5. The van der Waals surface area contributed by atoms with Crippen LogP contribution in [-0.2, 0) is 4.79 Å². The summed E-state index contributed by atoms with van der Waals surface area (Å²) in [7, 11) is 0. The minimum absolute atomic E-state index is 0.0140. The summed E-state index contributed by atoms with van der Waals surface area (Å²) in [6.07, 6.45) is 0.394. The molecule has 1 unspecified atom stereocenters. The highest BCUT2D eigenvalue weighted by Gasteiger charge is 2.33. The molecule has 31 heavy (non-hydrogen) atoms. The van der Waals surface area contributed by atoms with Crippen molar-refractivity contribution in [2.75, 3.05) is 11.9 Å². The molecule has 1 aliphatic heterocycles. The van der Waals surface area contributed by atoms with Gasteiger partial charge in [0.05, 0.1) is 22.5 Å². The number of carbonyl (C=O) groups excluding carboxylic acids is 1. The van der Waals surface area contributed by atoms with E-state index in [4.69, 9.17) is 14.8 Å². The van der Waals surface area contributed by atoms with Crippen molar-refractivity contribution in [1.82, 2.24) is 14.8 Å². The van der Waals surface area contributed by atoms with Gasteiger partial charge in [-0.2, -0.15) is 9.78 Å². The Morgan fingerprint density at radius 1 is 1.19 bits per heavy atom. The van der Waals surface area contributed by atoms with Crippen molar-refractivity contribution in [2.24, 2.45) is 5.92 Å². The van der Waals surface area contributed by atoms with Crippen LogP contribution < -0.4 is 10.1 Å². The minimum Gasteiger partial charge on any atom is -0.493 e. The number of nitrogens with zero attached hydrogens (tertiary/aromatic N) is 3. The van der Waals surface area contributed by atoms with Crippen molar-refractivity contribution in [2.45, 2.75) is 33.1 Å². The van der Waals surface area contributed by atoms with Crippen LogP contribution in [0.15, 0.2) is 48.5 Å². The van der Waals surface area contributed by atoms with E-state index in [0.717, 1.165) is 43.7 Å². The predicted molar refractivity (Wildman–Crippen MR) is 123 cm³/mol. The highest BCUT2D eigenvalue weighted by Crippen LogP contribution is 2.41. The second kappa shape index (κ2) is 7.81. The topological polar surface area (TPSA) is 69.0 Å². The number of nitrogens with one attached hydrogen (secondary N) is 1. The molecule has 0 bridgehead atoms. The Morgan fingerprint density at radius 2 is 1.97 bits per heavy atom. The summed E-state index contributed by atoms with van der Waals surface area (Å²) >= 11 is 1.57. The Morgan fingerprint density at radius 3 is 2.71 bits per heavy atom. The maximum atomic E-state index is 12.6. The number of benzene rings is 2. The number of carbonyl (C=O) groups is 1. The molecule has 2 aromatic carbocycles. The van der Waals surface area contributed by atoms with E-state index < -0.39 is 0 Å². The van der Waals surface area contributed by atoms with Crippen molar-refractivity contribution in [1.29, 1.82) is 0 Å². The number of anilines is 1. The number of thiazole rings is 1. The molecule has 4 aromatic rings. The van der Waals surface area contributed by atoms with E-state index in [1.165, 1.54) is 0 Å². The van der Waals surface area contributed by atoms with Crippen LogP contribution in [0.2, 0.25) is 0 Å². The molecule has 0 saturated heterocycles. The van der Waals surface area contributed by atoms with Crippen molar-refractivity contribution >= 4 is 33.3 Å². The van der Waals surface area contributed by atoms with Gasteiger partial charge in [0.2, 0.25) is 11.0 Å². The summed E-state index contributed by atoms with van der Waals surface area (Å²) in [4.78, 5) is 17.3. The molecule has 1 aliphatic rings. The van der Waals surface area contributed by atoms with Crippen LogP contribution in [0.3, 0.4) is 0 Å². The molecule has 158 valence electrons. The third-order valence-electron chi connectivity index (χ3n) is 5.43. The van der Waals surface area contributed by atoms with Gasteiger partial charge in [0, 0.05) is 17.9 Å². The molecule has 0 radical (unpaired) electrons. The van der Waals surface area contributed by atoms with Gasteiger partial charge >= 0.3 is 0 Å². The van der Waals surface area contributed by atoms with E-state index in [1.807, 2.05) is 43.3 Å². The Balaban J connectivity index is 1.53. The number of rotatable bonds is 5. The summed E-state index contributed by atoms with van der Waals surface area (Å²) in [5.41, 5.74) is 3.97. The number of fused-ring (bicyclic) bond motifs is 2. The SMILES string of the molecule is Cc1nn(-c2nc3ccccc3s2)c2c1C(c1ccc(OCC(C)C)cc1)CC(=O)N2. The highest BCUT2D eigenvalue weighted by molar-refractivity contribution is 7.20. The largest absolute Gasteiger partial charge is 0.493 e. The number of aryl methyl sites for hydroxylation is 1. The van der Waals surface area contributed by atoms with Gasteiger partial charge in [0.1, 0.15) is 11.6 Å². The van der Waals surface area contributed by atoms with Crippen LogP contribution in [0.4, 0.5) is 5.82 Å². The molecule has 1 N–H and O–H groups in total. The van der Waals surface area contributed by atoms with Gasteiger partial charge in [0.15, 0.2) is 0 Å². The fraction of sp³-hybridized carbons (Fsp3) is 0.292. The summed E-state index contributed by atoms with van der Waals surface area (Å²) < 4.78 is 8.68. The first-order chi connectivity index (χ1) is 15.0. The van der Waals surface area contributed by atoms with Crippen molar-refractivity contribution < 1.29 is 9.53 Å². The van der Waals surface area contributed by atoms with Crippen molar-refractivity contribution in [3.05, 3.63) is 65.4 Å². The van der Waals surface area contributed by atoms with Gasteiger partial charge in [-0.3, -0.25) is 4.79 Å². The monoisotopic (exact) mass is 432 g/mol. The lowest BCUT2D eigenvalue weighted by molar-refractivity contribution is -0.116. The van der Waals surface area contributed by atoms with Gasteiger partial charge in [-0.15, -0.1) is 0 Å². The minimum atomic E-state index is -0.0500. The maximum Gasteiger partial charge on any atom is 0.226 e. The smallest absolute Gasteiger partial charge is 0.226 e. The lowest BCUT2D eigenvalue weighted by Crippen LogP contribution is -2.24. The van der Waals surface area contributed by atoms with E-state index in [9.17, 15) is 4.79 Å². The molecular formula is C24H24N4O2S. The fourth-order valence-corrected chi connectivity index (χ4v) is 4.90. The molecule has 0 aliphatic carbocycles. The van der Waals surface area contributed by atoms with Crippen LogP contribution in [0.5, 0.6) is 5.75 Å². The van der Waals surface area contributed by atoms with Crippen LogP contribution in [-0.4, -0.2) is 27.3 Å². The van der Waals surface area contributed by atoms with Gasteiger partial charge in [-0.05, 0) is 42.7 Å². The Bertz CT molecular complexity index is 1220. The molecule has 7 heteroatoms. The molecule has 1 atom stereocenters. The van der Waals surface area contributed by atoms with E-state index in [0.29, 0.717) is 18.9 Å². The van der Waals surface area contributed by atoms with Gasteiger partial charge in [-0.1, -0.05) is 49.4 Å². The first-order valence-corrected chi connectivity index (χ1v) is 11.3. The first kappa shape index (κ1) is 19.8. The third kappa shape index (κ3) is 3.70. The average Bonchev–Trinajstić information content (AvgIpc) is 3.33. The molecule has 5 rings (SSSR count). The molecule has 2 aromatic heterocycles. The maximum absolute atomic E-state index is 12.6. The molecule has 0 fully saturated rings. The molecular weight excluding hydrogens is 408 g/mol. The quantitative estimate of drug-likeness (QED) is 0.465. The van der Waals surface area contributed by atoms with E-state index in [2.05, 4.69) is 31.3 Å². The summed E-state index contributed by atoms with van der Waals surface area (Å²) in [6, 6.07) is 16.1. The van der Waals surface area contributed by atoms with E-state index in [-0.39, 0.29) is 11.8 Å². The second-order valence-electron chi connectivity index (χ2n) is 8.30. The highest BCUT2D eigenvalue weighted by atomic mass is 32.1. The van der Waals surface area contributed by atoms with E-state index in [1.54, 1.807) is 16.0 Å². The van der Waals surface area contributed by atoms with Crippen LogP contribution in [0.25, 0.3) is 15.3 Å². The molecule has 6 nitrogen and oxygen atoms in total. The Hall–Kier alpha value is -3.19. The number of hydrogen-bond acceptors (Lipinski definition) is 5. The zero-order chi connectivity index (χ0) is 21.5. The van der Waals surface area contributed by atoms with Gasteiger partial charge < -0.3 is 10.1 Å². The fourth-order valence-electron chi connectivity index (χ4n) is 3.98. The lowest BCUT2D eigenvalue weighted by Gasteiger charge is -2.24. The second-order valence-corrected chi connectivity index (χ2v) is 9.31. The Labute approximate surface area is 184 Å². The summed E-state index contributed by atoms with van der Waals surface area (Å²) in [5, 5.41) is 8.55. The lowest BCUT2D eigenvalue weighted by atomic mass is 9.86. The normalized spacial score (nSPS) is 15.9. The zero-order valence-corrected chi connectivity index (χ0v) is 18.6. The van der Waals surface area contributed by atoms with Gasteiger partial charge in [0.25, 0.3) is 0 Å². The number of hydrogen-bond donors (Lipinski definition) is 1. The molecule has 0 spiro atoms. The third-order valence-corrected chi connectivity index (χ3v) is 6.44. The molecule has 1 amide bonds. The van der Waals surface area contributed by atoms with Gasteiger partial charge in [-0.25, -0.2) is 4.98 Å². The summed E-state index contributed by atoms with van der Waals surface area (Å²) in [5.74, 6) is 1.98. The number of ether oxygens (including phenoxy) is 1. The van der Waals surface area contributed by atoms with Crippen molar-refractivity contribution in [3.8, 4) is 10.9 Å². The number of aromatic nitrogens is 3. The van der Waals surface area contributed by atoms with Crippen LogP contribution in [0, 0.1) is 12.8 Å². The summed E-state index contributed by atoms with van der Waals surface area (Å²) in [6.45, 7) is 6.93. The van der Waals surface area contributed by atoms with E-state index >= 15 is 0 Å². The molecule has 0 saturated carbocycles. The van der Waals surface area contributed by atoms with Crippen LogP contribution >= 0.6 is 11.3 Å². The average molecular weight is 433 g/mol. The van der Waals surface area contributed by atoms with Crippen molar-refractivity contribution in [3.63, 3.8) is 0 Å².